The summed E-state index contributed by atoms with van der Waals surface area (Å²) in [4.78, 5) is 18.4. The molecule has 0 N–H and O–H groups in total. The molecule has 1 aliphatic rings. The lowest BCUT2D eigenvalue weighted by Crippen LogP contribution is -2.44. The summed E-state index contributed by atoms with van der Waals surface area (Å²) in [5, 5.41) is 3.83. The van der Waals surface area contributed by atoms with Crippen LogP contribution in [0.1, 0.15) is 44.9 Å². The van der Waals surface area contributed by atoms with Crippen LogP contribution in [0.4, 0.5) is 0 Å². The van der Waals surface area contributed by atoms with Gasteiger partial charge in [-0.15, -0.1) is 0 Å². The molecule has 8 heteroatoms. The highest BCUT2D eigenvalue weighted by atomic mass is 32.2. The molecule has 1 aliphatic carbocycles. The molecule has 0 radical (unpaired) electrons. The summed E-state index contributed by atoms with van der Waals surface area (Å²) in [5.41, 5.74) is 0.746. The molecule has 146 valence electrons. The zero-order valence-electron chi connectivity index (χ0n) is 15.5. The maximum atomic E-state index is 12.6. The van der Waals surface area contributed by atoms with Gasteiger partial charge in [0.25, 0.3) is 0 Å². The maximum absolute atomic E-state index is 12.6. The van der Waals surface area contributed by atoms with Gasteiger partial charge in [-0.2, -0.15) is 4.98 Å². The Morgan fingerprint density at radius 3 is 2.56 bits per heavy atom. The lowest BCUT2D eigenvalue weighted by atomic mass is 9.94. The number of aromatic nitrogens is 2. The fourth-order valence-electron chi connectivity index (χ4n) is 3.56. The fraction of sp³-hybridized carbons (Fsp3) is 0.526. The van der Waals surface area contributed by atoms with Crippen molar-refractivity contribution in [3.63, 3.8) is 0 Å². The molecule has 0 aliphatic heterocycles. The Morgan fingerprint density at radius 1 is 1.19 bits per heavy atom. The van der Waals surface area contributed by atoms with Gasteiger partial charge < -0.3 is 9.42 Å². The molecule has 1 aromatic carbocycles. The molecule has 0 atom stereocenters. The Kier molecular flexibility index (Phi) is 6.26. The summed E-state index contributed by atoms with van der Waals surface area (Å²) in [6, 6.07) is 9.33. The highest BCUT2D eigenvalue weighted by Crippen LogP contribution is 2.23. The van der Waals surface area contributed by atoms with Gasteiger partial charge in [-0.05, 0) is 19.8 Å². The number of carbonyl (C=O) groups is 1. The molecular weight excluding hydrogens is 366 g/mol. The van der Waals surface area contributed by atoms with Crippen molar-refractivity contribution in [3.05, 3.63) is 36.2 Å². The van der Waals surface area contributed by atoms with E-state index < -0.39 is 21.3 Å². The van der Waals surface area contributed by atoms with Crippen LogP contribution in [0, 0.1) is 0 Å². The predicted molar refractivity (Wildman–Crippen MR) is 101 cm³/mol. The summed E-state index contributed by atoms with van der Waals surface area (Å²) in [7, 11) is -3.68. The molecule has 1 aromatic heterocycles. The van der Waals surface area contributed by atoms with E-state index in [1.165, 1.54) is 6.42 Å². The third-order valence-electron chi connectivity index (χ3n) is 4.86. The SMILES string of the molecule is CCN(C(=O)CS(=O)(=O)Cc1nc(-c2ccccc2)no1)C1CCCCC1. The van der Waals surface area contributed by atoms with E-state index in [0.29, 0.717) is 12.4 Å². The van der Waals surface area contributed by atoms with Crippen LogP contribution in [0.3, 0.4) is 0 Å². The van der Waals surface area contributed by atoms with Gasteiger partial charge in [0.1, 0.15) is 11.5 Å². The third kappa shape index (κ3) is 5.15. The van der Waals surface area contributed by atoms with Crippen LogP contribution in [0.15, 0.2) is 34.9 Å². The number of benzene rings is 1. The second-order valence-corrected chi connectivity index (χ2v) is 8.95. The fourth-order valence-corrected chi connectivity index (χ4v) is 4.70. The molecule has 0 saturated heterocycles. The van der Waals surface area contributed by atoms with E-state index in [0.717, 1.165) is 31.2 Å². The molecule has 3 rings (SSSR count). The first kappa shape index (κ1) is 19.5. The van der Waals surface area contributed by atoms with E-state index in [1.54, 1.807) is 4.90 Å². The van der Waals surface area contributed by atoms with Crippen molar-refractivity contribution in [2.45, 2.75) is 50.8 Å². The molecule has 0 bridgehead atoms. The summed E-state index contributed by atoms with van der Waals surface area (Å²) < 4.78 is 30.0. The van der Waals surface area contributed by atoms with Crippen LogP contribution in [0.25, 0.3) is 11.4 Å². The third-order valence-corrected chi connectivity index (χ3v) is 6.24. The molecule has 0 spiro atoms. The Labute approximate surface area is 159 Å². The zero-order valence-corrected chi connectivity index (χ0v) is 16.3. The van der Waals surface area contributed by atoms with Crippen molar-refractivity contribution in [1.82, 2.24) is 15.0 Å². The highest BCUT2D eigenvalue weighted by molar-refractivity contribution is 7.91. The topological polar surface area (TPSA) is 93.4 Å². The van der Waals surface area contributed by atoms with Gasteiger partial charge in [-0.25, -0.2) is 8.42 Å². The Bertz CT molecular complexity index is 858. The smallest absolute Gasteiger partial charge is 0.242 e. The minimum Gasteiger partial charge on any atom is -0.339 e. The number of nitrogens with zero attached hydrogens (tertiary/aromatic N) is 3. The van der Waals surface area contributed by atoms with E-state index in [-0.39, 0.29) is 17.8 Å². The molecule has 1 saturated carbocycles. The quantitative estimate of drug-likeness (QED) is 0.720. The van der Waals surface area contributed by atoms with Gasteiger partial charge in [0.05, 0.1) is 0 Å². The Hall–Kier alpha value is -2.22. The number of hydrogen-bond donors (Lipinski definition) is 0. The lowest BCUT2D eigenvalue weighted by Gasteiger charge is -2.33. The first-order valence-corrected chi connectivity index (χ1v) is 11.2. The molecule has 1 heterocycles. The predicted octanol–water partition coefficient (Wildman–Crippen LogP) is 2.83. The van der Waals surface area contributed by atoms with Crippen LogP contribution >= 0.6 is 0 Å². The van der Waals surface area contributed by atoms with Gasteiger partial charge in [0, 0.05) is 18.2 Å². The zero-order chi connectivity index (χ0) is 19.3. The second-order valence-electron chi connectivity index (χ2n) is 6.88. The number of rotatable bonds is 7. The average Bonchev–Trinajstić information content (AvgIpc) is 3.11. The molecule has 0 unspecified atom stereocenters. The molecular formula is C19H25N3O4S. The van der Waals surface area contributed by atoms with E-state index >= 15 is 0 Å². The minimum absolute atomic E-state index is 0.00219. The highest BCUT2D eigenvalue weighted by Gasteiger charge is 2.28. The van der Waals surface area contributed by atoms with Gasteiger partial charge in [-0.3, -0.25) is 4.79 Å². The van der Waals surface area contributed by atoms with Crippen LogP contribution in [0.2, 0.25) is 0 Å². The maximum Gasteiger partial charge on any atom is 0.242 e. The monoisotopic (exact) mass is 391 g/mol. The van der Waals surface area contributed by atoms with Crippen molar-refractivity contribution in [3.8, 4) is 11.4 Å². The Balaban J connectivity index is 1.64. The van der Waals surface area contributed by atoms with Crippen molar-refractivity contribution in [2.24, 2.45) is 0 Å². The van der Waals surface area contributed by atoms with E-state index in [1.807, 2.05) is 37.3 Å². The minimum atomic E-state index is -3.68. The number of carbonyl (C=O) groups excluding carboxylic acids is 1. The van der Waals surface area contributed by atoms with Crippen molar-refractivity contribution >= 4 is 15.7 Å². The Morgan fingerprint density at radius 2 is 1.89 bits per heavy atom. The van der Waals surface area contributed by atoms with Gasteiger partial charge >= 0.3 is 0 Å². The van der Waals surface area contributed by atoms with Gasteiger partial charge in [-0.1, -0.05) is 54.8 Å². The average molecular weight is 391 g/mol. The lowest BCUT2D eigenvalue weighted by molar-refractivity contribution is -0.131. The summed E-state index contributed by atoms with van der Waals surface area (Å²) in [5.74, 6) is -0.958. The van der Waals surface area contributed by atoms with Crippen LogP contribution < -0.4 is 0 Å². The molecule has 7 nitrogen and oxygen atoms in total. The van der Waals surface area contributed by atoms with Crippen molar-refractivity contribution in [2.75, 3.05) is 12.3 Å². The second kappa shape index (κ2) is 8.65. The standard InChI is InChI=1S/C19H25N3O4S/c1-2-22(16-11-7-4-8-12-16)18(23)14-27(24,25)13-17-20-19(21-26-17)15-9-5-3-6-10-15/h3,5-6,9-10,16H,2,4,7-8,11-14H2,1H3. The first-order chi connectivity index (χ1) is 13.0. The number of sulfone groups is 1. The molecule has 1 amide bonds. The summed E-state index contributed by atoms with van der Waals surface area (Å²) >= 11 is 0. The van der Waals surface area contributed by atoms with E-state index in [9.17, 15) is 13.2 Å². The summed E-state index contributed by atoms with van der Waals surface area (Å²) in [6.45, 7) is 2.42. The first-order valence-electron chi connectivity index (χ1n) is 9.36. The van der Waals surface area contributed by atoms with Gasteiger partial charge in [0.2, 0.25) is 17.6 Å². The normalized spacial score (nSPS) is 15.6. The van der Waals surface area contributed by atoms with Crippen LogP contribution in [-0.4, -0.2) is 47.7 Å². The van der Waals surface area contributed by atoms with Gasteiger partial charge in [0.15, 0.2) is 9.84 Å². The molecule has 1 fully saturated rings. The van der Waals surface area contributed by atoms with Crippen LogP contribution in [0.5, 0.6) is 0 Å². The van der Waals surface area contributed by atoms with E-state index in [4.69, 9.17) is 4.52 Å². The molecule has 27 heavy (non-hydrogen) atoms. The van der Waals surface area contributed by atoms with E-state index in [2.05, 4.69) is 10.1 Å². The largest absolute Gasteiger partial charge is 0.339 e. The summed E-state index contributed by atoms with van der Waals surface area (Å²) in [6.07, 6.45) is 5.26. The molecule has 2 aromatic rings. The van der Waals surface area contributed by atoms with Crippen molar-refractivity contribution < 1.29 is 17.7 Å². The van der Waals surface area contributed by atoms with Crippen LogP contribution in [-0.2, 0) is 20.4 Å². The number of amides is 1. The van der Waals surface area contributed by atoms with Crippen molar-refractivity contribution in [1.29, 1.82) is 0 Å². The number of hydrogen-bond acceptors (Lipinski definition) is 6.